The van der Waals surface area contributed by atoms with E-state index in [9.17, 15) is 13.2 Å². The lowest BCUT2D eigenvalue weighted by molar-refractivity contribution is 0.0774. The molecule has 0 saturated carbocycles. The molecule has 0 N–H and O–H groups in total. The van der Waals surface area contributed by atoms with Gasteiger partial charge in [0.05, 0.1) is 11.6 Å². The van der Waals surface area contributed by atoms with Crippen LogP contribution in [0.15, 0.2) is 63.9 Å². The van der Waals surface area contributed by atoms with Crippen LogP contribution in [0.25, 0.3) is 0 Å². The van der Waals surface area contributed by atoms with Crippen molar-refractivity contribution in [2.75, 3.05) is 13.6 Å². The number of furan rings is 1. The maximum atomic E-state index is 13.4. The molecule has 0 bridgehead atoms. The molecule has 1 aliphatic rings. The normalized spacial score (nSPS) is 14.3. The van der Waals surface area contributed by atoms with Crippen LogP contribution in [0.3, 0.4) is 0 Å². The summed E-state index contributed by atoms with van der Waals surface area (Å²) < 4.78 is 33.7. The van der Waals surface area contributed by atoms with Crippen molar-refractivity contribution in [3.05, 3.63) is 87.8 Å². The van der Waals surface area contributed by atoms with E-state index in [1.165, 1.54) is 21.3 Å². The Bertz CT molecular complexity index is 1240. The number of hydrogen-bond acceptors (Lipinski definition) is 4. The Labute approximate surface area is 187 Å². The summed E-state index contributed by atoms with van der Waals surface area (Å²) in [6.45, 7) is 2.76. The molecule has 31 heavy (non-hydrogen) atoms. The number of carbonyl (C=O) groups excluding carboxylic acids is 1. The monoisotopic (exact) mass is 458 g/mol. The lowest BCUT2D eigenvalue weighted by Gasteiger charge is -2.28. The Morgan fingerprint density at radius 3 is 2.58 bits per heavy atom. The van der Waals surface area contributed by atoms with E-state index >= 15 is 0 Å². The third-order valence-corrected chi connectivity index (χ3v) is 7.75. The van der Waals surface area contributed by atoms with Gasteiger partial charge in [-0.15, -0.1) is 0 Å². The highest BCUT2D eigenvalue weighted by Crippen LogP contribution is 2.30. The number of amides is 1. The number of rotatable bonds is 5. The molecule has 2 aromatic carbocycles. The van der Waals surface area contributed by atoms with Gasteiger partial charge < -0.3 is 9.32 Å². The highest BCUT2D eigenvalue weighted by atomic mass is 35.5. The zero-order valence-corrected chi connectivity index (χ0v) is 18.9. The molecule has 0 unspecified atom stereocenters. The molecule has 0 atom stereocenters. The van der Waals surface area contributed by atoms with E-state index in [0.717, 1.165) is 16.9 Å². The highest BCUT2D eigenvalue weighted by molar-refractivity contribution is 7.89. The number of sulfonamides is 1. The maximum Gasteiger partial charge on any atom is 0.254 e. The molecular formula is C23H23ClN2O4S. The van der Waals surface area contributed by atoms with Crippen molar-refractivity contribution in [2.24, 2.45) is 0 Å². The second-order valence-corrected chi connectivity index (χ2v) is 9.99. The molecule has 8 heteroatoms. The van der Waals surface area contributed by atoms with Gasteiger partial charge in [-0.1, -0.05) is 35.9 Å². The van der Waals surface area contributed by atoms with Crippen molar-refractivity contribution in [3.63, 3.8) is 0 Å². The van der Waals surface area contributed by atoms with Crippen LogP contribution < -0.4 is 0 Å². The summed E-state index contributed by atoms with van der Waals surface area (Å²) in [4.78, 5) is 14.3. The van der Waals surface area contributed by atoms with Crippen molar-refractivity contribution in [3.8, 4) is 0 Å². The number of aryl methyl sites for hydroxylation is 1. The Kier molecular flexibility index (Phi) is 5.92. The second kappa shape index (κ2) is 8.49. The van der Waals surface area contributed by atoms with Crippen LogP contribution in [-0.4, -0.2) is 37.1 Å². The van der Waals surface area contributed by atoms with Gasteiger partial charge in [-0.05, 0) is 54.8 Å². The number of fused-ring (bicyclic) bond motifs is 1. The van der Waals surface area contributed by atoms with Crippen LogP contribution in [0.1, 0.15) is 33.0 Å². The molecule has 0 aliphatic carbocycles. The number of nitrogens with zero attached hydrogens (tertiary/aromatic N) is 2. The summed E-state index contributed by atoms with van der Waals surface area (Å²) in [5.41, 5.74) is 2.39. The average Bonchev–Trinajstić information content (AvgIpc) is 3.17. The summed E-state index contributed by atoms with van der Waals surface area (Å²) in [6.07, 6.45) is 0.636. The van der Waals surface area contributed by atoms with Crippen LogP contribution >= 0.6 is 11.6 Å². The zero-order chi connectivity index (χ0) is 22.2. The van der Waals surface area contributed by atoms with E-state index in [1.54, 1.807) is 13.1 Å². The van der Waals surface area contributed by atoms with E-state index in [4.69, 9.17) is 16.0 Å². The van der Waals surface area contributed by atoms with Gasteiger partial charge in [0.25, 0.3) is 5.91 Å². The molecule has 0 fully saturated rings. The third kappa shape index (κ3) is 4.39. The van der Waals surface area contributed by atoms with Crippen LogP contribution in [0.2, 0.25) is 5.02 Å². The number of carbonyl (C=O) groups is 1. The third-order valence-electron chi connectivity index (χ3n) is 5.43. The molecule has 1 aromatic heterocycles. The molecule has 6 nitrogen and oxygen atoms in total. The van der Waals surface area contributed by atoms with Crippen LogP contribution in [0.5, 0.6) is 0 Å². The topological polar surface area (TPSA) is 70.8 Å². The minimum absolute atomic E-state index is 0.0540. The summed E-state index contributed by atoms with van der Waals surface area (Å²) in [5, 5.41) is 0.0970. The first kappa shape index (κ1) is 21.6. The summed E-state index contributed by atoms with van der Waals surface area (Å²) in [6, 6.07) is 15.8. The number of benzene rings is 2. The molecular weight excluding hydrogens is 436 g/mol. The van der Waals surface area contributed by atoms with Crippen LogP contribution in [0.4, 0.5) is 0 Å². The fraction of sp³-hybridized carbons (Fsp3) is 0.261. The summed E-state index contributed by atoms with van der Waals surface area (Å²) in [5.74, 6) is 1.10. The van der Waals surface area contributed by atoms with Gasteiger partial charge >= 0.3 is 0 Å². The van der Waals surface area contributed by atoms with Gasteiger partial charge in [-0.2, -0.15) is 4.31 Å². The molecule has 1 amide bonds. The van der Waals surface area contributed by atoms with Gasteiger partial charge in [0.1, 0.15) is 16.4 Å². The minimum Gasteiger partial charge on any atom is -0.464 e. The fourth-order valence-corrected chi connectivity index (χ4v) is 5.66. The molecule has 0 radical (unpaired) electrons. The Morgan fingerprint density at radius 1 is 1.13 bits per heavy atom. The van der Waals surface area contributed by atoms with Crippen molar-refractivity contribution >= 4 is 27.5 Å². The smallest absolute Gasteiger partial charge is 0.254 e. The Hall–Kier alpha value is -2.61. The maximum absolute atomic E-state index is 13.4. The van der Waals surface area contributed by atoms with E-state index in [2.05, 4.69) is 0 Å². The number of hydrogen-bond donors (Lipinski definition) is 0. The predicted molar refractivity (Wildman–Crippen MR) is 118 cm³/mol. The van der Waals surface area contributed by atoms with Gasteiger partial charge in [0.15, 0.2) is 0 Å². The highest BCUT2D eigenvalue weighted by Gasteiger charge is 2.31. The Balaban J connectivity index is 1.59. The van der Waals surface area contributed by atoms with Crippen LogP contribution in [-0.2, 0) is 29.5 Å². The van der Waals surface area contributed by atoms with Crippen molar-refractivity contribution in [1.29, 1.82) is 0 Å². The molecule has 0 spiro atoms. The molecule has 1 aliphatic heterocycles. The van der Waals surface area contributed by atoms with Gasteiger partial charge in [-0.25, -0.2) is 8.42 Å². The first-order valence-electron chi connectivity index (χ1n) is 9.93. The van der Waals surface area contributed by atoms with Gasteiger partial charge in [0, 0.05) is 25.7 Å². The quantitative estimate of drug-likeness (QED) is 0.572. The van der Waals surface area contributed by atoms with Gasteiger partial charge in [-0.3, -0.25) is 4.79 Å². The molecule has 0 saturated heterocycles. The number of halogens is 1. The van der Waals surface area contributed by atoms with E-state index in [-0.39, 0.29) is 34.5 Å². The zero-order valence-electron chi connectivity index (χ0n) is 17.3. The summed E-state index contributed by atoms with van der Waals surface area (Å²) >= 11 is 6.27. The fourth-order valence-electron chi connectivity index (χ4n) is 3.74. The van der Waals surface area contributed by atoms with E-state index in [1.807, 2.05) is 43.3 Å². The minimum atomic E-state index is -3.86. The SMILES string of the molecule is Cc1ccc(CN(C)C(=O)c2ccc(Cl)c(S(=O)(=O)N3CCc4ccccc4C3)c2)o1. The average molecular weight is 459 g/mol. The molecule has 162 valence electrons. The van der Waals surface area contributed by atoms with Gasteiger partial charge in [0.2, 0.25) is 10.0 Å². The Morgan fingerprint density at radius 2 is 1.87 bits per heavy atom. The predicted octanol–water partition coefficient (Wildman–Crippen LogP) is 4.26. The van der Waals surface area contributed by atoms with Crippen molar-refractivity contribution in [2.45, 2.75) is 31.3 Å². The lowest BCUT2D eigenvalue weighted by atomic mass is 10.0. The van der Waals surface area contributed by atoms with E-state index < -0.39 is 10.0 Å². The first-order valence-corrected chi connectivity index (χ1v) is 11.7. The summed E-state index contributed by atoms with van der Waals surface area (Å²) in [7, 11) is -2.22. The van der Waals surface area contributed by atoms with Crippen LogP contribution in [0, 0.1) is 6.92 Å². The molecule has 3 aromatic rings. The first-order chi connectivity index (χ1) is 14.8. The van der Waals surface area contributed by atoms with E-state index in [0.29, 0.717) is 18.7 Å². The largest absolute Gasteiger partial charge is 0.464 e. The van der Waals surface area contributed by atoms with Crippen molar-refractivity contribution in [1.82, 2.24) is 9.21 Å². The molecule has 2 heterocycles. The van der Waals surface area contributed by atoms with Crippen molar-refractivity contribution < 1.29 is 17.6 Å². The molecule has 4 rings (SSSR count). The lowest BCUT2D eigenvalue weighted by Crippen LogP contribution is -2.36. The second-order valence-electron chi connectivity index (χ2n) is 7.68. The standard InChI is InChI=1S/C23H23ClN2O4S/c1-16-7-9-20(30-16)15-25(2)23(27)18-8-10-21(24)22(13-18)31(28,29)26-12-11-17-5-3-4-6-19(17)14-26/h3-10,13H,11-12,14-15H2,1-2H3.